The van der Waals surface area contributed by atoms with Gasteiger partial charge in [0.05, 0.1) is 10.9 Å². The van der Waals surface area contributed by atoms with Crippen LogP contribution in [0.4, 0.5) is 0 Å². The molecule has 29 heavy (non-hydrogen) atoms. The summed E-state index contributed by atoms with van der Waals surface area (Å²) in [5, 5.41) is 10.1. The lowest BCUT2D eigenvalue weighted by molar-refractivity contribution is -0.114. The molecule has 0 unspecified atom stereocenters. The Morgan fingerprint density at radius 2 is 2.00 bits per heavy atom. The predicted molar refractivity (Wildman–Crippen MR) is 114 cm³/mol. The van der Waals surface area contributed by atoms with Gasteiger partial charge in [-0.25, -0.2) is 0 Å². The maximum Gasteiger partial charge on any atom is 0.293 e. The number of benzene rings is 1. The lowest BCUT2D eigenvalue weighted by Gasteiger charge is -2.27. The van der Waals surface area contributed by atoms with Crippen LogP contribution in [0.25, 0.3) is 11.0 Å². The van der Waals surface area contributed by atoms with Crippen molar-refractivity contribution in [3.8, 4) is 11.7 Å². The van der Waals surface area contributed by atoms with Crippen LogP contribution in [0.15, 0.2) is 50.7 Å². The van der Waals surface area contributed by atoms with Gasteiger partial charge in [-0.15, -0.1) is 0 Å². The third kappa shape index (κ3) is 4.29. The molecule has 2 heterocycles. The highest BCUT2D eigenvalue weighted by Crippen LogP contribution is 2.46. The molecule has 5 nitrogen and oxygen atoms in total. The van der Waals surface area contributed by atoms with Crippen molar-refractivity contribution in [2.75, 3.05) is 0 Å². The normalized spacial score (nSPS) is 21.0. The minimum Gasteiger partial charge on any atom is -0.508 e. The van der Waals surface area contributed by atoms with Crippen molar-refractivity contribution in [1.82, 2.24) is 0 Å². The molecule has 2 atom stereocenters. The molecule has 0 fully saturated rings. The molecular formula is C24H28O5. The summed E-state index contributed by atoms with van der Waals surface area (Å²) >= 11 is 0. The summed E-state index contributed by atoms with van der Waals surface area (Å²) in [6.45, 7) is 9.73. The molecule has 0 saturated carbocycles. The van der Waals surface area contributed by atoms with Crippen LogP contribution in [-0.4, -0.2) is 16.5 Å². The smallest absolute Gasteiger partial charge is 0.293 e. The third-order valence-electron chi connectivity index (χ3n) is 5.59. The first-order valence-electron chi connectivity index (χ1n) is 9.93. The lowest BCUT2D eigenvalue weighted by atomic mass is 9.83. The van der Waals surface area contributed by atoms with Gasteiger partial charge in [-0.3, -0.25) is 9.59 Å². The molecule has 0 bridgehead atoms. The van der Waals surface area contributed by atoms with Crippen LogP contribution >= 0.6 is 0 Å². The summed E-state index contributed by atoms with van der Waals surface area (Å²) < 4.78 is 11.9. The zero-order chi connectivity index (χ0) is 21.3. The largest absolute Gasteiger partial charge is 0.508 e. The quantitative estimate of drug-likeness (QED) is 0.522. The van der Waals surface area contributed by atoms with Gasteiger partial charge in [0.25, 0.3) is 5.95 Å². The van der Waals surface area contributed by atoms with Crippen LogP contribution in [0.1, 0.15) is 65.4 Å². The number of ketones is 1. The molecule has 1 aromatic heterocycles. The van der Waals surface area contributed by atoms with Crippen molar-refractivity contribution in [3.05, 3.63) is 57.3 Å². The first-order valence-corrected chi connectivity index (χ1v) is 9.93. The predicted octanol–water partition coefficient (Wildman–Crippen LogP) is 5.41. The fourth-order valence-electron chi connectivity index (χ4n) is 3.82. The number of carbonyl (C=O) groups is 1. The van der Waals surface area contributed by atoms with Gasteiger partial charge >= 0.3 is 0 Å². The number of carbonyl (C=O) groups excluding carboxylic acids is 1. The second kappa shape index (κ2) is 7.90. The number of ether oxygens (including phenoxy) is 1. The highest BCUT2D eigenvalue weighted by atomic mass is 16.6. The maximum atomic E-state index is 12.9. The van der Waals surface area contributed by atoms with Crippen LogP contribution < -0.4 is 10.2 Å². The van der Waals surface area contributed by atoms with E-state index in [-0.39, 0.29) is 28.8 Å². The van der Waals surface area contributed by atoms with E-state index in [1.165, 1.54) is 12.1 Å². The van der Waals surface area contributed by atoms with Crippen molar-refractivity contribution in [1.29, 1.82) is 0 Å². The topological polar surface area (TPSA) is 76.7 Å². The van der Waals surface area contributed by atoms with E-state index in [9.17, 15) is 14.7 Å². The number of fused-ring (bicyclic) bond motifs is 2. The maximum absolute atomic E-state index is 12.9. The van der Waals surface area contributed by atoms with E-state index >= 15 is 0 Å². The molecule has 3 rings (SSSR count). The lowest BCUT2D eigenvalue weighted by Crippen LogP contribution is -2.33. The summed E-state index contributed by atoms with van der Waals surface area (Å²) in [6.07, 6.45) is 5.56. The number of phenolic OH excluding ortho intramolecular Hbond substituents is 1. The van der Waals surface area contributed by atoms with Crippen molar-refractivity contribution in [2.45, 2.75) is 65.4 Å². The summed E-state index contributed by atoms with van der Waals surface area (Å²) in [4.78, 5) is 24.9. The van der Waals surface area contributed by atoms with E-state index in [4.69, 9.17) is 9.15 Å². The van der Waals surface area contributed by atoms with Crippen LogP contribution in [0, 0.1) is 0 Å². The molecular weight excluding hydrogens is 368 g/mol. The number of hydrogen-bond donors (Lipinski definition) is 1. The molecule has 0 radical (unpaired) electrons. The Labute approximate surface area is 170 Å². The average Bonchev–Trinajstić information content (AvgIpc) is 2.84. The van der Waals surface area contributed by atoms with Gasteiger partial charge in [0.15, 0.2) is 11.2 Å². The van der Waals surface area contributed by atoms with Gasteiger partial charge in [0.1, 0.15) is 16.9 Å². The number of hydrogen-bond acceptors (Lipinski definition) is 5. The van der Waals surface area contributed by atoms with E-state index in [0.717, 1.165) is 17.6 Å². The van der Waals surface area contributed by atoms with Gasteiger partial charge < -0.3 is 14.3 Å². The number of phenols is 1. The zero-order valence-corrected chi connectivity index (χ0v) is 17.7. The van der Waals surface area contributed by atoms with E-state index in [1.54, 1.807) is 12.1 Å². The Kier molecular flexibility index (Phi) is 5.69. The number of allylic oxidation sites excluding steroid dienone is 4. The van der Waals surface area contributed by atoms with Crippen molar-refractivity contribution < 1.29 is 19.1 Å². The van der Waals surface area contributed by atoms with Crippen molar-refractivity contribution in [2.24, 2.45) is 0 Å². The summed E-state index contributed by atoms with van der Waals surface area (Å²) in [5.41, 5.74) is 2.19. The Hall–Kier alpha value is -2.82. The number of rotatable bonds is 6. The van der Waals surface area contributed by atoms with E-state index in [2.05, 4.69) is 6.08 Å². The van der Waals surface area contributed by atoms with Crippen LogP contribution in [0.2, 0.25) is 0 Å². The van der Waals surface area contributed by atoms with Crippen LogP contribution in [-0.2, 0) is 4.79 Å². The molecule has 5 heteroatoms. The first-order chi connectivity index (χ1) is 13.6. The van der Waals surface area contributed by atoms with Gasteiger partial charge in [-0.2, -0.15) is 0 Å². The Morgan fingerprint density at radius 3 is 2.69 bits per heavy atom. The SMILES string of the molecule is CC(C)=CC(=O)CC(C)=CCC[C@]1(C)Oc2oc3cc(O)ccc3c(=O)c2[C@@H]1C. The number of aromatic hydroxyl groups is 1. The van der Waals surface area contributed by atoms with Crippen LogP contribution in [0.5, 0.6) is 11.7 Å². The average molecular weight is 396 g/mol. The van der Waals surface area contributed by atoms with Gasteiger partial charge in [0.2, 0.25) is 0 Å². The standard InChI is InChI=1S/C24H28O5/c1-14(2)11-18(26)12-15(3)7-6-10-24(5)16(4)21-22(27)19-9-8-17(25)13-20(19)28-23(21)29-24/h7-9,11,13,16,25H,6,10,12H2,1-5H3/t16-,24-/m0/s1. The fraction of sp³-hybridized carbons (Fsp3) is 0.417. The minimum atomic E-state index is -0.578. The summed E-state index contributed by atoms with van der Waals surface area (Å²) in [7, 11) is 0. The molecule has 0 aliphatic carbocycles. The van der Waals surface area contributed by atoms with Gasteiger partial charge in [0, 0.05) is 18.4 Å². The van der Waals surface area contributed by atoms with Crippen LogP contribution in [0.3, 0.4) is 0 Å². The molecule has 2 aromatic rings. The Morgan fingerprint density at radius 1 is 1.28 bits per heavy atom. The molecule has 1 aliphatic heterocycles. The Balaban J connectivity index is 1.77. The molecule has 0 amide bonds. The van der Waals surface area contributed by atoms with E-state index < -0.39 is 5.60 Å². The molecule has 1 aliphatic rings. The van der Waals surface area contributed by atoms with E-state index in [1.807, 2.05) is 34.6 Å². The highest BCUT2D eigenvalue weighted by Gasteiger charge is 2.45. The highest BCUT2D eigenvalue weighted by molar-refractivity contribution is 5.91. The molecule has 0 spiro atoms. The molecule has 1 N–H and O–H groups in total. The van der Waals surface area contributed by atoms with Crippen molar-refractivity contribution in [3.63, 3.8) is 0 Å². The molecule has 0 saturated heterocycles. The van der Waals surface area contributed by atoms with Gasteiger partial charge in [-0.05, 0) is 58.7 Å². The third-order valence-corrected chi connectivity index (χ3v) is 5.59. The fourth-order valence-corrected chi connectivity index (χ4v) is 3.82. The second-order valence-electron chi connectivity index (χ2n) is 8.40. The van der Waals surface area contributed by atoms with E-state index in [0.29, 0.717) is 29.4 Å². The van der Waals surface area contributed by atoms with Gasteiger partial charge in [-0.1, -0.05) is 24.1 Å². The monoisotopic (exact) mass is 396 g/mol. The van der Waals surface area contributed by atoms with Crippen molar-refractivity contribution >= 4 is 16.8 Å². The first kappa shape index (κ1) is 20.9. The minimum absolute atomic E-state index is 0.0395. The summed E-state index contributed by atoms with van der Waals surface area (Å²) in [6, 6.07) is 4.49. The molecule has 154 valence electrons. The zero-order valence-electron chi connectivity index (χ0n) is 17.7. The Bertz CT molecular complexity index is 1070. The molecule has 1 aromatic carbocycles. The second-order valence-corrected chi connectivity index (χ2v) is 8.40. The summed E-state index contributed by atoms with van der Waals surface area (Å²) in [5.74, 6) is 0.251.